The molecule has 0 atom stereocenters. The van der Waals surface area contributed by atoms with Crippen LogP contribution in [0.5, 0.6) is 5.75 Å². The van der Waals surface area contributed by atoms with Gasteiger partial charge in [-0.1, -0.05) is 18.2 Å². The highest BCUT2D eigenvalue weighted by atomic mass is 32.1. The van der Waals surface area contributed by atoms with Crippen molar-refractivity contribution in [3.63, 3.8) is 0 Å². The van der Waals surface area contributed by atoms with E-state index in [0.29, 0.717) is 0 Å². The van der Waals surface area contributed by atoms with Crippen LogP contribution in [0.15, 0.2) is 53.9 Å². The summed E-state index contributed by atoms with van der Waals surface area (Å²) < 4.78 is 5.24. The lowest BCUT2D eigenvalue weighted by molar-refractivity contribution is 0.415. The number of nitrogens with zero attached hydrogens (tertiary/aromatic N) is 1. The van der Waals surface area contributed by atoms with Crippen LogP contribution in [0.2, 0.25) is 0 Å². The van der Waals surface area contributed by atoms with Gasteiger partial charge in [0.25, 0.3) is 0 Å². The number of methoxy groups -OCH3 is 1. The van der Waals surface area contributed by atoms with Crippen LogP contribution in [0.25, 0.3) is 11.3 Å². The van der Waals surface area contributed by atoms with Crippen molar-refractivity contribution in [3.05, 3.63) is 53.9 Å². The minimum absolute atomic E-state index is 0.726. The SMILES string of the molecule is COc1cccc(-c2csc(Nc3cccc(N)c3)n2)c1. The Hall–Kier alpha value is -2.53. The lowest BCUT2D eigenvalue weighted by atomic mass is 10.2. The maximum atomic E-state index is 5.77. The summed E-state index contributed by atoms with van der Waals surface area (Å²) in [6, 6.07) is 15.5. The molecule has 1 aromatic heterocycles. The van der Waals surface area contributed by atoms with Crippen molar-refractivity contribution in [2.24, 2.45) is 0 Å². The Kier molecular flexibility index (Phi) is 3.75. The summed E-state index contributed by atoms with van der Waals surface area (Å²) in [5, 5.41) is 6.11. The lowest BCUT2D eigenvalue weighted by Gasteiger charge is -2.03. The van der Waals surface area contributed by atoms with E-state index in [-0.39, 0.29) is 0 Å². The van der Waals surface area contributed by atoms with E-state index < -0.39 is 0 Å². The standard InChI is InChI=1S/C16H15N3OS/c1-20-14-7-2-4-11(8-14)15-10-21-16(19-15)18-13-6-3-5-12(17)9-13/h2-10H,17H2,1H3,(H,18,19). The Morgan fingerprint density at radius 2 is 2.00 bits per heavy atom. The topological polar surface area (TPSA) is 60.2 Å². The summed E-state index contributed by atoms with van der Waals surface area (Å²) in [7, 11) is 1.66. The van der Waals surface area contributed by atoms with E-state index in [1.54, 1.807) is 18.4 Å². The number of hydrogen-bond donors (Lipinski definition) is 2. The lowest BCUT2D eigenvalue weighted by Crippen LogP contribution is -1.91. The number of nitrogens with two attached hydrogens (primary N) is 1. The molecule has 1 heterocycles. The first-order valence-corrected chi connectivity index (χ1v) is 7.35. The minimum Gasteiger partial charge on any atom is -0.497 e. The monoisotopic (exact) mass is 297 g/mol. The molecule has 0 aliphatic carbocycles. The summed E-state index contributed by atoms with van der Waals surface area (Å²) in [6.45, 7) is 0. The van der Waals surface area contributed by atoms with Gasteiger partial charge in [-0.25, -0.2) is 4.98 Å². The highest BCUT2D eigenvalue weighted by Crippen LogP contribution is 2.29. The van der Waals surface area contributed by atoms with E-state index in [4.69, 9.17) is 10.5 Å². The first kappa shape index (κ1) is 13.5. The van der Waals surface area contributed by atoms with Crippen molar-refractivity contribution in [2.45, 2.75) is 0 Å². The normalized spacial score (nSPS) is 10.3. The zero-order valence-electron chi connectivity index (χ0n) is 11.5. The molecular formula is C16H15N3OS. The molecule has 2 aromatic carbocycles. The second-order valence-electron chi connectivity index (χ2n) is 4.52. The number of aromatic nitrogens is 1. The molecule has 0 aliphatic rings. The second-order valence-corrected chi connectivity index (χ2v) is 5.38. The van der Waals surface area contributed by atoms with E-state index in [1.807, 2.05) is 53.9 Å². The van der Waals surface area contributed by atoms with E-state index in [9.17, 15) is 0 Å². The quantitative estimate of drug-likeness (QED) is 0.710. The van der Waals surface area contributed by atoms with Gasteiger partial charge in [0, 0.05) is 22.3 Å². The summed E-state index contributed by atoms with van der Waals surface area (Å²) in [4.78, 5) is 4.59. The van der Waals surface area contributed by atoms with Crippen molar-refractivity contribution in [1.82, 2.24) is 4.98 Å². The summed E-state index contributed by atoms with van der Waals surface area (Å²) >= 11 is 1.55. The fraction of sp³-hybridized carbons (Fsp3) is 0.0625. The molecule has 0 spiro atoms. The van der Waals surface area contributed by atoms with E-state index in [1.165, 1.54) is 0 Å². The molecule has 3 N–H and O–H groups in total. The van der Waals surface area contributed by atoms with Gasteiger partial charge < -0.3 is 15.8 Å². The Balaban J connectivity index is 1.82. The van der Waals surface area contributed by atoms with Gasteiger partial charge in [0.1, 0.15) is 5.75 Å². The highest BCUT2D eigenvalue weighted by molar-refractivity contribution is 7.14. The molecule has 0 radical (unpaired) electrons. The van der Waals surface area contributed by atoms with Crippen LogP contribution < -0.4 is 15.8 Å². The third-order valence-corrected chi connectivity index (χ3v) is 3.77. The molecule has 3 rings (SSSR count). The van der Waals surface area contributed by atoms with Gasteiger partial charge >= 0.3 is 0 Å². The van der Waals surface area contributed by atoms with Gasteiger partial charge in [0.15, 0.2) is 5.13 Å². The average Bonchev–Trinajstić information content (AvgIpc) is 2.96. The zero-order valence-corrected chi connectivity index (χ0v) is 12.4. The summed E-state index contributed by atoms with van der Waals surface area (Å²) in [5.41, 5.74) is 9.38. The second kappa shape index (κ2) is 5.85. The largest absolute Gasteiger partial charge is 0.497 e. The molecule has 0 fully saturated rings. The molecule has 0 amide bonds. The molecule has 21 heavy (non-hydrogen) atoms. The molecular weight excluding hydrogens is 282 g/mol. The Morgan fingerprint density at radius 3 is 2.81 bits per heavy atom. The third-order valence-electron chi connectivity index (χ3n) is 3.01. The maximum absolute atomic E-state index is 5.77. The number of ether oxygens (including phenoxy) is 1. The number of anilines is 3. The summed E-state index contributed by atoms with van der Waals surface area (Å²) in [6.07, 6.45) is 0. The number of rotatable bonds is 4. The number of thiazole rings is 1. The fourth-order valence-electron chi connectivity index (χ4n) is 1.99. The minimum atomic E-state index is 0.726. The number of nitrogen functional groups attached to an aromatic ring is 1. The maximum Gasteiger partial charge on any atom is 0.187 e. The average molecular weight is 297 g/mol. The van der Waals surface area contributed by atoms with Gasteiger partial charge in [-0.15, -0.1) is 11.3 Å². The Labute approximate surface area is 127 Å². The number of benzene rings is 2. The molecule has 4 nitrogen and oxygen atoms in total. The highest BCUT2D eigenvalue weighted by Gasteiger charge is 2.06. The predicted molar refractivity (Wildman–Crippen MR) is 88.2 cm³/mol. The number of nitrogens with one attached hydrogen (secondary N) is 1. The van der Waals surface area contributed by atoms with Crippen molar-refractivity contribution in [2.75, 3.05) is 18.2 Å². The zero-order chi connectivity index (χ0) is 14.7. The summed E-state index contributed by atoms with van der Waals surface area (Å²) in [5.74, 6) is 0.825. The van der Waals surface area contributed by atoms with Gasteiger partial charge in [0.2, 0.25) is 0 Å². The van der Waals surface area contributed by atoms with Crippen LogP contribution >= 0.6 is 11.3 Å². The smallest absolute Gasteiger partial charge is 0.187 e. The number of hydrogen-bond acceptors (Lipinski definition) is 5. The van der Waals surface area contributed by atoms with Crippen LogP contribution in [0.1, 0.15) is 0 Å². The van der Waals surface area contributed by atoms with Crippen molar-refractivity contribution >= 4 is 27.8 Å². The van der Waals surface area contributed by atoms with Gasteiger partial charge in [-0.3, -0.25) is 0 Å². The third kappa shape index (κ3) is 3.14. The molecule has 0 unspecified atom stereocenters. The molecule has 0 saturated heterocycles. The van der Waals surface area contributed by atoms with Crippen LogP contribution in [0, 0.1) is 0 Å². The Morgan fingerprint density at radius 1 is 1.14 bits per heavy atom. The van der Waals surface area contributed by atoms with Crippen LogP contribution in [-0.2, 0) is 0 Å². The van der Waals surface area contributed by atoms with E-state index in [0.717, 1.165) is 33.5 Å². The van der Waals surface area contributed by atoms with Crippen molar-refractivity contribution in [1.29, 1.82) is 0 Å². The van der Waals surface area contributed by atoms with Crippen LogP contribution in [0.3, 0.4) is 0 Å². The van der Waals surface area contributed by atoms with Crippen molar-refractivity contribution < 1.29 is 4.74 Å². The fourth-order valence-corrected chi connectivity index (χ4v) is 2.73. The van der Waals surface area contributed by atoms with Gasteiger partial charge in [0.05, 0.1) is 12.8 Å². The molecule has 106 valence electrons. The van der Waals surface area contributed by atoms with Crippen LogP contribution in [0.4, 0.5) is 16.5 Å². The van der Waals surface area contributed by atoms with Crippen molar-refractivity contribution in [3.8, 4) is 17.0 Å². The first-order valence-electron chi connectivity index (χ1n) is 6.47. The Bertz CT molecular complexity index is 755. The van der Waals surface area contributed by atoms with Gasteiger partial charge in [-0.05, 0) is 30.3 Å². The molecule has 3 aromatic rings. The first-order chi connectivity index (χ1) is 10.2. The van der Waals surface area contributed by atoms with E-state index in [2.05, 4.69) is 10.3 Å². The molecule has 0 saturated carbocycles. The van der Waals surface area contributed by atoms with Gasteiger partial charge in [-0.2, -0.15) is 0 Å². The molecule has 0 aliphatic heterocycles. The van der Waals surface area contributed by atoms with Crippen LogP contribution in [-0.4, -0.2) is 12.1 Å². The molecule has 5 heteroatoms. The van der Waals surface area contributed by atoms with E-state index >= 15 is 0 Å². The molecule has 0 bridgehead atoms. The predicted octanol–water partition coefficient (Wildman–Crippen LogP) is 4.14.